The van der Waals surface area contributed by atoms with E-state index in [2.05, 4.69) is 44.0 Å². The lowest BCUT2D eigenvalue weighted by Gasteiger charge is -2.33. The Morgan fingerprint density at radius 1 is 1.20 bits per heavy atom. The first-order chi connectivity index (χ1) is 9.65. The molecule has 0 saturated carbocycles. The van der Waals surface area contributed by atoms with Crippen LogP contribution in [0.15, 0.2) is 6.07 Å². The van der Waals surface area contributed by atoms with E-state index in [1.807, 2.05) is 0 Å². The van der Waals surface area contributed by atoms with Gasteiger partial charge in [-0.3, -0.25) is 4.90 Å². The van der Waals surface area contributed by atoms with Crippen LogP contribution in [-0.2, 0) is 6.42 Å². The van der Waals surface area contributed by atoms with Crippen molar-refractivity contribution in [3.05, 3.63) is 23.3 Å². The van der Waals surface area contributed by atoms with Gasteiger partial charge in [0.05, 0.1) is 6.04 Å². The van der Waals surface area contributed by atoms with Gasteiger partial charge in [-0.2, -0.15) is 0 Å². The Bertz CT molecular complexity index is 424. The van der Waals surface area contributed by atoms with Crippen molar-refractivity contribution in [3.63, 3.8) is 0 Å². The minimum absolute atomic E-state index is 0.362. The van der Waals surface area contributed by atoms with Gasteiger partial charge in [-0.05, 0) is 24.8 Å². The van der Waals surface area contributed by atoms with E-state index in [-0.39, 0.29) is 0 Å². The molecule has 0 amide bonds. The van der Waals surface area contributed by atoms with Crippen LogP contribution in [0, 0.1) is 0 Å². The third-order valence-electron chi connectivity index (χ3n) is 4.05. The quantitative estimate of drug-likeness (QED) is 0.897. The van der Waals surface area contributed by atoms with Crippen LogP contribution >= 0.6 is 0 Å². The molecule has 4 nitrogen and oxygen atoms in total. The number of aromatic nitrogens is 2. The van der Waals surface area contributed by atoms with Crippen molar-refractivity contribution in [2.45, 2.75) is 52.5 Å². The lowest BCUT2D eigenvalue weighted by molar-refractivity contribution is 0.162. The first-order valence-corrected chi connectivity index (χ1v) is 7.98. The first kappa shape index (κ1) is 15.4. The SMILES string of the molecule is CCc1cc(C(C)C)nc(C(CC)N2CCNCC2)n1. The standard InChI is InChI=1S/C16H28N4/c1-5-13-11-14(12(3)4)19-16(18-13)15(6-2)20-9-7-17-8-10-20/h11-12,15,17H,5-10H2,1-4H3. The van der Waals surface area contributed by atoms with E-state index in [0.29, 0.717) is 12.0 Å². The number of aryl methyl sites for hydroxylation is 1. The lowest BCUT2D eigenvalue weighted by atomic mass is 10.1. The molecule has 4 heteroatoms. The highest BCUT2D eigenvalue weighted by molar-refractivity contribution is 5.16. The van der Waals surface area contributed by atoms with E-state index >= 15 is 0 Å². The maximum absolute atomic E-state index is 4.85. The number of nitrogens with one attached hydrogen (secondary N) is 1. The molecule has 1 fully saturated rings. The summed E-state index contributed by atoms with van der Waals surface area (Å²) in [4.78, 5) is 12.2. The molecule has 2 heterocycles. The lowest BCUT2D eigenvalue weighted by Crippen LogP contribution is -2.45. The molecule has 1 unspecified atom stereocenters. The zero-order chi connectivity index (χ0) is 14.5. The molecule has 1 aromatic heterocycles. The van der Waals surface area contributed by atoms with Crippen molar-refractivity contribution in [1.82, 2.24) is 20.2 Å². The Labute approximate surface area is 123 Å². The molecule has 1 aliphatic heterocycles. The van der Waals surface area contributed by atoms with Crippen LogP contribution < -0.4 is 5.32 Å². The summed E-state index contributed by atoms with van der Waals surface area (Å²) in [7, 11) is 0. The predicted molar refractivity (Wildman–Crippen MR) is 83.0 cm³/mol. The smallest absolute Gasteiger partial charge is 0.145 e. The van der Waals surface area contributed by atoms with Gasteiger partial charge >= 0.3 is 0 Å². The van der Waals surface area contributed by atoms with Crippen molar-refractivity contribution in [2.24, 2.45) is 0 Å². The van der Waals surface area contributed by atoms with Crippen molar-refractivity contribution in [1.29, 1.82) is 0 Å². The van der Waals surface area contributed by atoms with Crippen LogP contribution in [0.5, 0.6) is 0 Å². The summed E-state index contributed by atoms with van der Waals surface area (Å²) in [6, 6.07) is 2.53. The minimum Gasteiger partial charge on any atom is -0.314 e. The number of hydrogen-bond donors (Lipinski definition) is 1. The summed E-state index contributed by atoms with van der Waals surface area (Å²) >= 11 is 0. The highest BCUT2D eigenvalue weighted by Gasteiger charge is 2.23. The second-order valence-electron chi connectivity index (χ2n) is 5.86. The molecule has 0 aliphatic carbocycles. The third-order valence-corrected chi connectivity index (χ3v) is 4.05. The van der Waals surface area contributed by atoms with Gasteiger partial charge in [0.25, 0.3) is 0 Å². The van der Waals surface area contributed by atoms with E-state index in [9.17, 15) is 0 Å². The number of hydrogen-bond acceptors (Lipinski definition) is 4. The molecule has 1 N–H and O–H groups in total. The summed E-state index contributed by atoms with van der Waals surface area (Å²) in [5.74, 6) is 1.49. The van der Waals surface area contributed by atoms with Gasteiger partial charge in [-0.1, -0.05) is 27.7 Å². The Balaban J connectivity index is 2.29. The number of rotatable bonds is 5. The molecular weight excluding hydrogens is 248 g/mol. The molecule has 20 heavy (non-hydrogen) atoms. The highest BCUT2D eigenvalue weighted by atomic mass is 15.2. The maximum atomic E-state index is 4.85. The van der Waals surface area contributed by atoms with Crippen LogP contribution in [0.25, 0.3) is 0 Å². The summed E-state index contributed by atoms with van der Waals surface area (Å²) in [6.45, 7) is 13.1. The van der Waals surface area contributed by atoms with Crippen molar-refractivity contribution < 1.29 is 0 Å². The molecule has 112 valence electrons. The monoisotopic (exact) mass is 276 g/mol. The predicted octanol–water partition coefficient (Wildman–Crippen LogP) is 2.52. The van der Waals surface area contributed by atoms with E-state index < -0.39 is 0 Å². The third kappa shape index (κ3) is 3.55. The second kappa shape index (κ2) is 7.14. The Hall–Kier alpha value is -1.00. The van der Waals surface area contributed by atoms with Crippen LogP contribution in [0.2, 0.25) is 0 Å². The van der Waals surface area contributed by atoms with E-state index in [0.717, 1.165) is 44.8 Å². The molecule has 0 aromatic carbocycles. The molecule has 1 saturated heterocycles. The fourth-order valence-electron chi connectivity index (χ4n) is 2.76. The van der Waals surface area contributed by atoms with Gasteiger partial charge in [0, 0.05) is 37.6 Å². The van der Waals surface area contributed by atoms with Crippen molar-refractivity contribution in [3.8, 4) is 0 Å². The zero-order valence-electron chi connectivity index (χ0n) is 13.3. The van der Waals surface area contributed by atoms with Crippen molar-refractivity contribution in [2.75, 3.05) is 26.2 Å². The first-order valence-electron chi connectivity index (χ1n) is 7.98. The fourth-order valence-corrected chi connectivity index (χ4v) is 2.76. The molecule has 0 bridgehead atoms. The summed E-state index contributed by atoms with van der Waals surface area (Å²) < 4.78 is 0. The van der Waals surface area contributed by atoms with Crippen LogP contribution in [0.1, 0.15) is 63.3 Å². The summed E-state index contributed by atoms with van der Waals surface area (Å²) in [5.41, 5.74) is 2.35. The minimum atomic E-state index is 0.362. The average molecular weight is 276 g/mol. The Morgan fingerprint density at radius 3 is 2.45 bits per heavy atom. The molecule has 1 aromatic rings. The molecule has 1 aliphatic rings. The molecule has 2 rings (SSSR count). The highest BCUT2D eigenvalue weighted by Crippen LogP contribution is 2.24. The second-order valence-corrected chi connectivity index (χ2v) is 5.86. The van der Waals surface area contributed by atoms with Gasteiger partial charge in [-0.25, -0.2) is 9.97 Å². The Kier molecular flexibility index (Phi) is 5.49. The normalized spacial score (nSPS) is 18.4. The number of piperazine rings is 1. The van der Waals surface area contributed by atoms with Crippen LogP contribution in [0.4, 0.5) is 0 Å². The largest absolute Gasteiger partial charge is 0.314 e. The molecule has 0 spiro atoms. The van der Waals surface area contributed by atoms with Crippen LogP contribution in [0.3, 0.4) is 0 Å². The average Bonchev–Trinajstić information content (AvgIpc) is 2.48. The molecule has 0 radical (unpaired) electrons. The zero-order valence-corrected chi connectivity index (χ0v) is 13.3. The Morgan fingerprint density at radius 2 is 1.90 bits per heavy atom. The van der Waals surface area contributed by atoms with Gasteiger partial charge in [-0.15, -0.1) is 0 Å². The van der Waals surface area contributed by atoms with Crippen molar-refractivity contribution >= 4 is 0 Å². The van der Waals surface area contributed by atoms with Gasteiger partial charge in [0.15, 0.2) is 0 Å². The number of nitrogens with zero attached hydrogens (tertiary/aromatic N) is 3. The van der Waals surface area contributed by atoms with Gasteiger partial charge in [0.1, 0.15) is 5.82 Å². The van der Waals surface area contributed by atoms with E-state index in [1.54, 1.807) is 0 Å². The van der Waals surface area contributed by atoms with Crippen LogP contribution in [-0.4, -0.2) is 41.0 Å². The molecular formula is C16H28N4. The van der Waals surface area contributed by atoms with Gasteiger partial charge < -0.3 is 5.32 Å². The summed E-state index contributed by atoms with van der Waals surface area (Å²) in [6.07, 6.45) is 2.05. The van der Waals surface area contributed by atoms with E-state index in [1.165, 1.54) is 11.4 Å². The van der Waals surface area contributed by atoms with E-state index in [4.69, 9.17) is 9.97 Å². The fraction of sp³-hybridized carbons (Fsp3) is 0.750. The maximum Gasteiger partial charge on any atom is 0.145 e. The topological polar surface area (TPSA) is 41.1 Å². The summed E-state index contributed by atoms with van der Waals surface area (Å²) in [5, 5.41) is 3.41. The van der Waals surface area contributed by atoms with Gasteiger partial charge in [0.2, 0.25) is 0 Å². The molecule has 1 atom stereocenters.